The lowest BCUT2D eigenvalue weighted by atomic mass is 9.77. The Hall–Kier alpha value is -0.610. The van der Waals surface area contributed by atoms with E-state index in [2.05, 4.69) is 31.0 Å². The van der Waals surface area contributed by atoms with Gasteiger partial charge in [0, 0.05) is 12.1 Å². The Morgan fingerprint density at radius 3 is 2.65 bits per heavy atom. The van der Waals surface area contributed by atoms with Crippen molar-refractivity contribution in [3.8, 4) is 0 Å². The average Bonchev–Trinajstić information content (AvgIpc) is 2.29. The lowest BCUT2D eigenvalue weighted by molar-refractivity contribution is -0.126. The molecule has 0 aliphatic heterocycles. The van der Waals surface area contributed by atoms with Gasteiger partial charge in [-0.3, -0.25) is 9.69 Å². The van der Waals surface area contributed by atoms with Gasteiger partial charge in [-0.1, -0.05) is 6.92 Å². The van der Waals surface area contributed by atoms with Crippen molar-refractivity contribution < 1.29 is 4.79 Å². The van der Waals surface area contributed by atoms with E-state index in [4.69, 9.17) is 5.73 Å². The number of nitrogens with two attached hydrogens (primary N) is 1. The molecule has 0 aromatic carbocycles. The van der Waals surface area contributed by atoms with Crippen LogP contribution in [0.4, 0.5) is 0 Å². The number of carbonyl (C=O) groups excluding carboxylic acids is 1. The molecule has 0 aromatic rings. The Kier molecular flexibility index (Phi) is 4.95. The molecule has 1 aliphatic carbocycles. The van der Waals surface area contributed by atoms with Gasteiger partial charge in [0.25, 0.3) is 0 Å². The van der Waals surface area contributed by atoms with Crippen LogP contribution < -0.4 is 11.1 Å². The Bertz CT molecular complexity index is 267. The van der Waals surface area contributed by atoms with Crippen LogP contribution in [0.3, 0.4) is 0 Å². The predicted octanol–water partition coefficient (Wildman–Crippen LogP) is 1.10. The summed E-state index contributed by atoms with van der Waals surface area (Å²) in [4.78, 5) is 14.1. The number of likely N-dealkylation sites (N-methyl/N-ethyl adjacent to an activating group) is 1. The van der Waals surface area contributed by atoms with Crippen LogP contribution in [-0.2, 0) is 4.79 Å². The highest BCUT2D eigenvalue weighted by Crippen LogP contribution is 2.31. The number of carbonyl (C=O) groups is 1. The zero-order chi connectivity index (χ0) is 13.1. The van der Waals surface area contributed by atoms with E-state index >= 15 is 0 Å². The molecule has 1 fully saturated rings. The van der Waals surface area contributed by atoms with Crippen molar-refractivity contribution in [2.24, 2.45) is 5.73 Å². The van der Waals surface area contributed by atoms with Gasteiger partial charge in [-0.05, 0) is 53.1 Å². The first-order valence-electron chi connectivity index (χ1n) is 6.71. The smallest absolute Gasteiger partial charge is 0.237 e. The normalized spacial score (nSPS) is 29.9. The molecule has 0 spiro atoms. The monoisotopic (exact) mass is 241 g/mol. The molecular formula is C13H27N3O. The SMILES string of the molecule is CCN(C(C)C)C1CCCC(NC)(C(N)=O)C1. The molecule has 2 atom stereocenters. The number of amides is 1. The molecule has 0 bridgehead atoms. The Morgan fingerprint density at radius 1 is 1.59 bits per heavy atom. The third kappa shape index (κ3) is 2.99. The Balaban J connectivity index is 2.80. The van der Waals surface area contributed by atoms with Gasteiger partial charge >= 0.3 is 0 Å². The molecule has 1 saturated carbocycles. The van der Waals surface area contributed by atoms with Crippen molar-refractivity contribution in [2.45, 2.75) is 64.1 Å². The van der Waals surface area contributed by atoms with Gasteiger partial charge in [0.05, 0.1) is 5.54 Å². The van der Waals surface area contributed by atoms with Crippen molar-refractivity contribution >= 4 is 5.91 Å². The fourth-order valence-electron chi connectivity index (χ4n) is 3.15. The molecule has 0 aromatic heterocycles. The van der Waals surface area contributed by atoms with Gasteiger partial charge in [0.1, 0.15) is 0 Å². The second kappa shape index (κ2) is 5.83. The summed E-state index contributed by atoms with van der Waals surface area (Å²) in [6.07, 6.45) is 3.94. The number of nitrogens with one attached hydrogen (secondary N) is 1. The minimum absolute atomic E-state index is 0.204. The van der Waals surface area contributed by atoms with Crippen molar-refractivity contribution in [3.05, 3.63) is 0 Å². The van der Waals surface area contributed by atoms with E-state index < -0.39 is 5.54 Å². The maximum atomic E-state index is 11.7. The summed E-state index contributed by atoms with van der Waals surface area (Å²) in [7, 11) is 1.85. The van der Waals surface area contributed by atoms with E-state index in [1.54, 1.807) is 0 Å². The van der Waals surface area contributed by atoms with E-state index in [1.165, 1.54) is 6.42 Å². The van der Waals surface area contributed by atoms with E-state index in [9.17, 15) is 4.79 Å². The van der Waals surface area contributed by atoms with E-state index in [0.717, 1.165) is 25.8 Å². The number of nitrogens with zero attached hydrogens (tertiary/aromatic N) is 1. The van der Waals surface area contributed by atoms with Crippen molar-refractivity contribution in [1.29, 1.82) is 0 Å². The minimum Gasteiger partial charge on any atom is -0.368 e. The van der Waals surface area contributed by atoms with E-state index in [0.29, 0.717) is 12.1 Å². The van der Waals surface area contributed by atoms with Crippen LogP contribution in [0.25, 0.3) is 0 Å². The molecule has 0 saturated heterocycles. The predicted molar refractivity (Wildman–Crippen MR) is 70.8 cm³/mol. The van der Waals surface area contributed by atoms with Crippen molar-refractivity contribution in [3.63, 3.8) is 0 Å². The first-order chi connectivity index (χ1) is 7.96. The molecule has 0 radical (unpaired) electrons. The van der Waals surface area contributed by atoms with Crippen LogP contribution in [0.15, 0.2) is 0 Å². The number of primary amides is 1. The highest BCUT2D eigenvalue weighted by Gasteiger charge is 2.41. The first kappa shape index (κ1) is 14.5. The topological polar surface area (TPSA) is 58.4 Å². The zero-order valence-corrected chi connectivity index (χ0v) is 11.6. The second-order valence-corrected chi connectivity index (χ2v) is 5.37. The lowest BCUT2D eigenvalue weighted by Crippen LogP contribution is -2.60. The fourth-order valence-corrected chi connectivity index (χ4v) is 3.15. The van der Waals surface area contributed by atoms with Crippen LogP contribution >= 0.6 is 0 Å². The Labute approximate surface area is 105 Å². The largest absolute Gasteiger partial charge is 0.368 e. The van der Waals surface area contributed by atoms with Crippen LogP contribution in [0.5, 0.6) is 0 Å². The van der Waals surface area contributed by atoms with Crippen molar-refractivity contribution in [2.75, 3.05) is 13.6 Å². The number of hydrogen-bond acceptors (Lipinski definition) is 3. The molecule has 4 heteroatoms. The molecule has 3 N–H and O–H groups in total. The van der Waals surface area contributed by atoms with Gasteiger partial charge in [0.2, 0.25) is 5.91 Å². The highest BCUT2D eigenvalue weighted by molar-refractivity contribution is 5.84. The Morgan fingerprint density at radius 2 is 2.24 bits per heavy atom. The zero-order valence-electron chi connectivity index (χ0n) is 11.6. The summed E-state index contributed by atoms with van der Waals surface area (Å²) in [5, 5.41) is 3.16. The lowest BCUT2D eigenvalue weighted by Gasteiger charge is -2.44. The summed E-state index contributed by atoms with van der Waals surface area (Å²) in [6, 6.07) is 0.985. The molecule has 2 unspecified atom stereocenters. The second-order valence-electron chi connectivity index (χ2n) is 5.37. The van der Waals surface area contributed by atoms with Gasteiger partial charge in [-0.15, -0.1) is 0 Å². The van der Waals surface area contributed by atoms with Crippen LogP contribution in [0, 0.1) is 0 Å². The summed E-state index contributed by atoms with van der Waals surface area (Å²) in [5.41, 5.74) is 5.08. The molecule has 100 valence electrons. The van der Waals surface area contributed by atoms with Crippen LogP contribution in [-0.4, -0.2) is 42.0 Å². The minimum atomic E-state index is -0.495. The summed E-state index contributed by atoms with van der Waals surface area (Å²) < 4.78 is 0. The van der Waals surface area contributed by atoms with E-state index in [1.807, 2.05) is 7.05 Å². The summed E-state index contributed by atoms with van der Waals surface area (Å²) in [6.45, 7) is 7.63. The third-order valence-electron chi connectivity index (χ3n) is 4.17. The summed E-state index contributed by atoms with van der Waals surface area (Å²) >= 11 is 0. The van der Waals surface area contributed by atoms with Gasteiger partial charge in [-0.2, -0.15) is 0 Å². The molecule has 4 nitrogen and oxygen atoms in total. The van der Waals surface area contributed by atoms with Crippen LogP contribution in [0.1, 0.15) is 46.5 Å². The molecule has 1 aliphatic rings. The highest BCUT2D eigenvalue weighted by atomic mass is 16.1. The number of hydrogen-bond donors (Lipinski definition) is 2. The van der Waals surface area contributed by atoms with Gasteiger partial charge in [0.15, 0.2) is 0 Å². The quantitative estimate of drug-likeness (QED) is 0.758. The standard InChI is InChI=1S/C13H27N3O/c1-5-16(10(2)3)11-7-6-8-13(9-11,15-4)12(14)17/h10-11,15H,5-9H2,1-4H3,(H2,14,17). The maximum absolute atomic E-state index is 11.7. The first-order valence-corrected chi connectivity index (χ1v) is 6.71. The third-order valence-corrected chi connectivity index (χ3v) is 4.17. The molecular weight excluding hydrogens is 214 g/mol. The van der Waals surface area contributed by atoms with Gasteiger partial charge < -0.3 is 11.1 Å². The van der Waals surface area contributed by atoms with Gasteiger partial charge in [-0.25, -0.2) is 0 Å². The summed E-state index contributed by atoms with van der Waals surface area (Å²) in [5.74, 6) is -0.204. The molecule has 1 rings (SSSR count). The fraction of sp³-hybridized carbons (Fsp3) is 0.923. The van der Waals surface area contributed by atoms with Crippen LogP contribution in [0.2, 0.25) is 0 Å². The average molecular weight is 241 g/mol. The molecule has 0 heterocycles. The molecule has 1 amide bonds. The van der Waals surface area contributed by atoms with Crippen molar-refractivity contribution in [1.82, 2.24) is 10.2 Å². The number of rotatable bonds is 5. The molecule has 17 heavy (non-hydrogen) atoms. The van der Waals surface area contributed by atoms with E-state index in [-0.39, 0.29) is 5.91 Å². The maximum Gasteiger partial charge on any atom is 0.237 e.